The highest BCUT2D eigenvalue weighted by Crippen LogP contribution is 2.23. The van der Waals surface area contributed by atoms with Crippen molar-refractivity contribution in [2.24, 2.45) is 0 Å². The van der Waals surface area contributed by atoms with Gasteiger partial charge in [-0.1, -0.05) is 149 Å². The van der Waals surface area contributed by atoms with Gasteiger partial charge in [0.1, 0.15) is 0 Å². The van der Waals surface area contributed by atoms with Gasteiger partial charge in [0.2, 0.25) is 0 Å². The summed E-state index contributed by atoms with van der Waals surface area (Å²) in [5.74, 6) is 0. The summed E-state index contributed by atoms with van der Waals surface area (Å²) in [4.78, 5) is 0. The van der Waals surface area contributed by atoms with Crippen LogP contribution in [-0.4, -0.2) is 30.7 Å². The number of rotatable bonds is 27. The van der Waals surface area contributed by atoms with Crippen molar-refractivity contribution in [3.63, 3.8) is 0 Å². The normalized spacial score (nSPS) is 15.4. The van der Waals surface area contributed by atoms with Gasteiger partial charge >= 0.3 is 0 Å². The lowest BCUT2D eigenvalue weighted by Crippen LogP contribution is -2.46. The largest absolute Gasteiger partial charge is 0.324 e. The first-order valence-corrected chi connectivity index (χ1v) is 16.7. The van der Waals surface area contributed by atoms with E-state index >= 15 is 0 Å². The van der Waals surface area contributed by atoms with Gasteiger partial charge in [-0.3, -0.25) is 0 Å². The Morgan fingerprint density at radius 2 is 0.559 bits per heavy atom. The van der Waals surface area contributed by atoms with Crippen molar-refractivity contribution in [1.29, 1.82) is 0 Å². The number of hydrogen-bond acceptors (Lipinski definition) is 0. The molecule has 1 aliphatic rings. The second kappa shape index (κ2) is 24.6. The molecule has 0 aromatic rings. The molecule has 0 aliphatic carbocycles. The van der Waals surface area contributed by atoms with E-state index in [0.717, 1.165) is 0 Å². The molecule has 0 amide bonds. The van der Waals surface area contributed by atoms with Crippen molar-refractivity contribution in [2.75, 3.05) is 26.2 Å². The summed E-state index contributed by atoms with van der Waals surface area (Å²) in [7, 11) is 0. The molecule has 1 fully saturated rings. The van der Waals surface area contributed by atoms with Crippen molar-refractivity contribution in [2.45, 2.75) is 187 Å². The first-order chi connectivity index (χ1) is 16.8. The quantitative estimate of drug-likeness (QED) is 0.0813. The minimum atomic E-state index is 1.37. The van der Waals surface area contributed by atoms with Crippen molar-refractivity contribution in [3.8, 4) is 0 Å². The van der Waals surface area contributed by atoms with Crippen LogP contribution in [0.15, 0.2) is 0 Å². The Hall–Kier alpha value is -0.0400. The van der Waals surface area contributed by atoms with Crippen LogP contribution in [0, 0.1) is 0 Å². The van der Waals surface area contributed by atoms with E-state index in [-0.39, 0.29) is 0 Å². The molecule has 0 atom stereocenters. The van der Waals surface area contributed by atoms with Crippen LogP contribution in [0.25, 0.3) is 0 Å². The third-order valence-electron chi connectivity index (χ3n) is 8.74. The Morgan fingerprint density at radius 1 is 0.324 bits per heavy atom. The summed E-state index contributed by atoms with van der Waals surface area (Å²) >= 11 is 0. The van der Waals surface area contributed by atoms with Gasteiger partial charge in [0, 0.05) is 12.8 Å². The smallest absolute Gasteiger partial charge is 0.0788 e. The monoisotopic (exact) mass is 479 g/mol. The summed E-state index contributed by atoms with van der Waals surface area (Å²) < 4.78 is 1.50. The minimum Gasteiger partial charge on any atom is -0.324 e. The fourth-order valence-electron chi connectivity index (χ4n) is 6.32. The molecule has 1 nitrogen and oxygen atoms in total. The maximum atomic E-state index is 2.31. The molecule has 0 N–H and O–H groups in total. The van der Waals surface area contributed by atoms with Crippen LogP contribution < -0.4 is 0 Å². The van der Waals surface area contributed by atoms with Crippen LogP contribution in [0.4, 0.5) is 0 Å². The Bertz CT molecular complexity index is 384. The van der Waals surface area contributed by atoms with E-state index in [0.29, 0.717) is 0 Å². The van der Waals surface area contributed by atoms with E-state index in [2.05, 4.69) is 13.8 Å². The third-order valence-corrected chi connectivity index (χ3v) is 8.74. The lowest BCUT2D eigenvalue weighted by Gasteiger charge is -2.34. The predicted octanol–water partition coefficient (Wildman–Crippen LogP) is 11.4. The molecule has 34 heavy (non-hydrogen) atoms. The molecule has 1 rings (SSSR count). The molecule has 0 bridgehead atoms. The zero-order valence-corrected chi connectivity index (χ0v) is 24.4. The van der Waals surface area contributed by atoms with E-state index in [9.17, 15) is 0 Å². The van der Waals surface area contributed by atoms with Crippen LogP contribution in [-0.2, 0) is 0 Å². The topological polar surface area (TPSA) is 0 Å². The number of unbranched alkanes of at least 4 members (excludes halogenated alkanes) is 23. The molecule has 204 valence electrons. The van der Waals surface area contributed by atoms with Crippen molar-refractivity contribution in [3.05, 3.63) is 0 Å². The highest BCUT2D eigenvalue weighted by molar-refractivity contribution is 4.58. The second-order valence-electron chi connectivity index (χ2n) is 12.1. The fraction of sp³-hybridized carbons (Fsp3) is 1.00. The maximum absolute atomic E-state index is 2.31. The van der Waals surface area contributed by atoms with E-state index < -0.39 is 0 Å². The first-order valence-electron chi connectivity index (χ1n) is 16.7. The number of quaternary nitrogens is 1. The van der Waals surface area contributed by atoms with E-state index in [4.69, 9.17) is 0 Å². The van der Waals surface area contributed by atoms with Gasteiger partial charge in [0.15, 0.2) is 0 Å². The zero-order chi connectivity index (χ0) is 24.4. The molecule has 0 spiro atoms. The molecule has 1 heterocycles. The molecular formula is C33H68N+. The second-order valence-corrected chi connectivity index (χ2v) is 12.1. The van der Waals surface area contributed by atoms with Gasteiger partial charge in [-0.15, -0.1) is 0 Å². The van der Waals surface area contributed by atoms with Gasteiger partial charge < -0.3 is 4.48 Å². The third kappa shape index (κ3) is 19.2. The summed E-state index contributed by atoms with van der Waals surface area (Å²) in [6, 6.07) is 0. The van der Waals surface area contributed by atoms with Gasteiger partial charge in [-0.05, 0) is 25.7 Å². The van der Waals surface area contributed by atoms with Gasteiger partial charge in [0.25, 0.3) is 0 Å². The molecule has 0 saturated carbocycles. The Kier molecular flexibility index (Phi) is 23.2. The van der Waals surface area contributed by atoms with E-state index in [1.54, 1.807) is 0 Å². The Balaban J connectivity index is 1.89. The molecule has 0 aromatic carbocycles. The predicted molar refractivity (Wildman–Crippen MR) is 156 cm³/mol. The highest BCUT2D eigenvalue weighted by Gasteiger charge is 2.30. The Morgan fingerprint density at radius 3 is 0.824 bits per heavy atom. The van der Waals surface area contributed by atoms with Crippen LogP contribution in [0.3, 0.4) is 0 Å². The van der Waals surface area contributed by atoms with Gasteiger partial charge in [-0.25, -0.2) is 0 Å². The SMILES string of the molecule is CCCCCCCCCCCCCCCC[N+]1(CCCCCCCCCCCCC)CCCC1. The summed E-state index contributed by atoms with van der Waals surface area (Å²) in [5, 5.41) is 0. The lowest BCUT2D eigenvalue weighted by molar-refractivity contribution is -0.917. The van der Waals surface area contributed by atoms with Crippen LogP contribution in [0.2, 0.25) is 0 Å². The standard InChI is InChI=1S/C33H68N/c1-3-5-7-9-11-13-15-16-17-19-21-23-25-27-31-34(32-28-29-33-34)30-26-24-22-20-18-14-12-10-8-6-4-2/h3-33H2,1-2H3/q+1. The van der Waals surface area contributed by atoms with E-state index in [1.807, 2.05) is 0 Å². The van der Waals surface area contributed by atoms with E-state index in [1.165, 1.54) is 204 Å². The summed E-state index contributed by atoms with van der Waals surface area (Å²) in [6.07, 6.45) is 39.9. The van der Waals surface area contributed by atoms with Crippen molar-refractivity contribution >= 4 is 0 Å². The number of hydrogen-bond donors (Lipinski definition) is 0. The van der Waals surface area contributed by atoms with Crippen LogP contribution in [0.5, 0.6) is 0 Å². The number of likely N-dealkylation sites (tertiary alicyclic amines) is 1. The fourth-order valence-corrected chi connectivity index (χ4v) is 6.32. The average Bonchev–Trinajstić information content (AvgIpc) is 3.31. The molecule has 0 aromatic heterocycles. The maximum Gasteiger partial charge on any atom is 0.0788 e. The van der Waals surface area contributed by atoms with Crippen LogP contribution >= 0.6 is 0 Å². The molecule has 1 saturated heterocycles. The van der Waals surface area contributed by atoms with Crippen molar-refractivity contribution in [1.82, 2.24) is 0 Å². The van der Waals surface area contributed by atoms with Gasteiger partial charge in [-0.2, -0.15) is 0 Å². The molecular weight excluding hydrogens is 410 g/mol. The molecule has 1 aliphatic heterocycles. The Labute approximate surface area is 217 Å². The molecule has 1 heteroatoms. The first kappa shape index (κ1) is 32.0. The molecule has 0 radical (unpaired) electrons. The summed E-state index contributed by atoms with van der Waals surface area (Å²) in [6.45, 7) is 10.6. The average molecular weight is 479 g/mol. The van der Waals surface area contributed by atoms with Gasteiger partial charge in [0.05, 0.1) is 26.2 Å². The summed E-state index contributed by atoms with van der Waals surface area (Å²) in [5.41, 5.74) is 0. The number of nitrogens with zero attached hydrogens (tertiary/aromatic N) is 1. The lowest BCUT2D eigenvalue weighted by atomic mass is 10.0. The minimum absolute atomic E-state index is 1.37. The zero-order valence-electron chi connectivity index (χ0n) is 24.4. The van der Waals surface area contributed by atoms with Crippen LogP contribution in [0.1, 0.15) is 187 Å². The molecule has 0 unspecified atom stereocenters. The van der Waals surface area contributed by atoms with Crippen molar-refractivity contribution < 1.29 is 4.48 Å². The highest BCUT2D eigenvalue weighted by atomic mass is 15.4.